The largest absolute Gasteiger partial charge is 0.496 e. The van der Waals surface area contributed by atoms with E-state index in [1.807, 2.05) is 12.1 Å². The number of carboxylic acids is 1. The Morgan fingerprint density at radius 1 is 1.39 bits per heavy atom. The number of hydrogen-bond acceptors (Lipinski definition) is 3. The van der Waals surface area contributed by atoms with Crippen LogP contribution in [0.25, 0.3) is 6.08 Å². The van der Waals surface area contributed by atoms with Crippen LogP contribution in [0.15, 0.2) is 30.3 Å². The summed E-state index contributed by atoms with van der Waals surface area (Å²) >= 11 is 0. The lowest BCUT2D eigenvalue weighted by Crippen LogP contribution is -2.30. The van der Waals surface area contributed by atoms with E-state index in [1.54, 1.807) is 25.3 Å². The molecule has 1 rings (SSSR count). The Bertz CT molecular complexity index is 468. The van der Waals surface area contributed by atoms with Crippen LogP contribution in [0.2, 0.25) is 0 Å². The van der Waals surface area contributed by atoms with E-state index in [-0.39, 0.29) is 12.5 Å². The maximum absolute atomic E-state index is 11.6. The maximum Gasteiger partial charge on any atom is 0.323 e. The van der Waals surface area contributed by atoms with Crippen molar-refractivity contribution in [2.24, 2.45) is 0 Å². The van der Waals surface area contributed by atoms with Crippen LogP contribution in [-0.4, -0.2) is 42.6 Å². The molecule has 0 fully saturated rings. The van der Waals surface area contributed by atoms with Gasteiger partial charge in [-0.05, 0) is 12.1 Å². The molecular weight excluding hydrogens is 234 g/mol. The van der Waals surface area contributed by atoms with Gasteiger partial charge < -0.3 is 14.7 Å². The Labute approximate surface area is 105 Å². The summed E-state index contributed by atoms with van der Waals surface area (Å²) < 4.78 is 5.13. The van der Waals surface area contributed by atoms with Gasteiger partial charge >= 0.3 is 5.97 Å². The van der Waals surface area contributed by atoms with Crippen LogP contribution in [0.1, 0.15) is 5.56 Å². The molecule has 96 valence electrons. The number of ether oxygens (including phenoxy) is 1. The molecule has 0 aromatic heterocycles. The summed E-state index contributed by atoms with van der Waals surface area (Å²) in [6, 6.07) is 7.24. The quantitative estimate of drug-likeness (QED) is 0.797. The summed E-state index contributed by atoms with van der Waals surface area (Å²) in [5, 5.41) is 8.56. The Kier molecular flexibility index (Phi) is 4.92. The molecular formula is C13H15NO4. The predicted molar refractivity (Wildman–Crippen MR) is 67.3 cm³/mol. The molecule has 0 aliphatic rings. The number of carbonyl (C=O) groups is 2. The molecule has 5 heteroatoms. The second-order valence-electron chi connectivity index (χ2n) is 3.66. The SMILES string of the molecule is COc1ccccc1/C=C/C(=O)N(C)CC(=O)O. The first-order valence-electron chi connectivity index (χ1n) is 5.32. The van der Waals surface area contributed by atoms with Gasteiger partial charge in [0.25, 0.3) is 0 Å². The number of aliphatic carboxylic acids is 1. The first-order valence-corrected chi connectivity index (χ1v) is 5.32. The summed E-state index contributed by atoms with van der Waals surface area (Å²) in [6.45, 7) is -0.324. The fraction of sp³-hybridized carbons (Fsp3) is 0.231. The fourth-order valence-electron chi connectivity index (χ4n) is 1.37. The van der Waals surface area contributed by atoms with Crippen LogP contribution in [0.3, 0.4) is 0 Å². The van der Waals surface area contributed by atoms with E-state index >= 15 is 0 Å². The molecule has 0 aliphatic carbocycles. The van der Waals surface area contributed by atoms with Gasteiger partial charge in [-0.3, -0.25) is 9.59 Å². The Morgan fingerprint density at radius 2 is 2.06 bits per heavy atom. The van der Waals surface area contributed by atoms with Crippen molar-refractivity contribution in [1.29, 1.82) is 0 Å². The maximum atomic E-state index is 11.6. The second-order valence-corrected chi connectivity index (χ2v) is 3.66. The van der Waals surface area contributed by atoms with Gasteiger partial charge in [0.1, 0.15) is 12.3 Å². The Hall–Kier alpha value is -2.30. The van der Waals surface area contributed by atoms with E-state index in [2.05, 4.69) is 0 Å². The van der Waals surface area contributed by atoms with Gasteiger partial charge in [0.05, 0.1) is 7.11 Å². The normalized spacial score (nSPS) is 10.3. The number of benzene rings is 1. The number of para-hydroxylation sites is 1. The van der Waals surface area contributed by atoms with Crippen molar-refractivity contribution in [3.8, 4) is 5.75 Å². The molecule has 1 aromatic carbocycles. The summed E-state index contributed by atoms with van der Waals surface area (Å²) in [6.07, 6.45) is 2.92. The summed E-state index contributed by atoms with van der Waals surface area (Å²) in [7, 11) is 2.98. The fourth-order valence-corrected chi connectivity index (χ4v) is 1.37. The number of likely N-dealkylation sites (N-methyl/N-ethyl adjacent to an activating group) is 1. The molecule has 1 N–H and O–H groups in total. The molecule has 5 nitrogen and oxygen atoms in total. The van der Waals surface area contributed by atoms with E-state index in [4.69, 9.17) is 9.84 Å². The number of amides is 1. The molecule has 18 heavy (non-hydrogen) atoms. The van der Waals surface area contributed by atoms with E-state index in [0.717, 1.165) is 10.5 Å². The van der Waals surface area contributed by atoms with Gasteiger partial charge in [-0.25, -0.2) is 0 Å². The lowest BCUT2D eigenvalue weighted by molar-refractivity contribution is -0.141. The molecule has 0 bridgehead atoms. The zero-order valence-electron chi connectivity index (χ0n) is 10.3. The number of rotatable bonds is 5. The van der Waals surface area contributed by atoms with Crippen molar-refractivity contribution < 1.29 is 19.4 Å². The average molecular weight is 249 g/mol. The smallest absolute Gasteiger partial charge is 0.323 e. The highest BCUT2D eigenvalue weighted by atomic mass is 16.5. The molecule has 0 spiro atoms. The highest BCUT2D eigenvalue weighted by molar-refractivity contribution is 5.93. The van der Waals surface area contributed by atoms with Crippen LogP contribution < -0.4 is 4.74 Å². The monoisotopic (exact) mass is 249 g/mol. The average Bonchev–Trinajstić information content (AvgIpc) is 2.35. The highest BCUT2D eigenvalue weighted by Crippen LogP contribution is 2.18. The third kappa shape index (κ3) is 3.93. The summed E-state index contributed by atoms with van der Waals surface area (Å²) in [4.78, 5) is 23.2. The first kappa shape index (κ1) is 13.8. The van der Waals surface area contributed by atoms with E-state index in [0.29, 0.717) is 5.75 Å². The third-order valence-electron chi connectivity index (χ3n) is 2.29. The number of hydrogen-bond donors (Lipinski definition) is 1. The predicted octanol–water partition coefficient (Wildman–Crippen LogP) is 1.25. The molecule has 0 saturated carbocycles. The van der Waals surface area contributed by atoms with Crippen LogP contribution in [0, 0.1) is 0 Å². The number of carboxylic acid groups (broad SMARTS) is 1. The Balaban J connectivity index is 2.74. The van der Waals surface area contributed by atoms with Crippen LogP contribution in [-0.2, 0) is 9.59 Å². The molecule has 0 atom stereocenters. The van der Waals surface area contributed by atoms with Gasteiger partial charge in [-0.1, -0.05) is 18.2 Å². The molecule has 1 amide bonds. The zero-order chi connectivity index (χ0) is 13.5. The van der Waals surface area contributed by atoms with Crippen molar-refractivity contribution in [2.75, 3.05) is 20.7 Å². The van der Waals surface area contributed by atoms with Gasteiger partial charge in [0, 0.05) is 18.7 Å². The molecule has 0 radical (unpaired) electrons. The minimum atomic E-state index is -1.04. The van der Waals surface area contributed by atoms with Crippen molar-refractivity contribution in [1.82, 2.24) is 4.90 Å². The highest BCUT2D eigenvalue weighted by Gasteiger charge is 2.08. The summed E-state index contributed by atoms with van der Waals surface area (Å²) in [5.41, 5.74) is 0.761. The first-order chi connectivity index (χ1) is 8.54. The van der Waals surface area contributed by atoms with E-state index in [9.17, 15) is 9.59 Å². The van der Waals surface area contributed by atoms with Gasteiger partial charge in [-0.2, -0.15) is 0 Å². The molecule has 0 unspecified atom stereocenters. The second kappa shape index (κ2) is 6.44. The summed E-state index contributed by atoms with van der Waals surface area (Å²) in [5.74, 6) is -0.762. The number of methoxy groups -OCH3 is 1. The van der Waals surface area contributed by atoms with E-state index in [1.165, 1.54) is 13.1 Å². The number of carbonyl (C=O) groups excluding carboxylic acids is 1. The third-order valence-corrected chi connectivity index (χ3v) is 2.29. The van der Waals surface area contributed by atoms with Crippen molar-refractivity contribution in [3.63, 3.8) is 0 Å². The van der Waals surface area contributed by atoms with Gasteiger partial charge in [-0.15, -0.1) is 0 Å². The van der Waals surface area contributed by atoms with Gasteiger partial charge in [0.2, 0.25) is 5.91 Å². The van der Waals surface area contributed by atoms with Crippen molar-refractivity contribution >= 4 is 18.0 Å². The van der Waals surface area contributed by atoms with Crippen molar-refractivity contribution in [2.45, 2.75) is 0 Å². The molecule has 0 saturated heterocycles. The standard InChI is InChI=1S/C13H15NO4/c1-14(9-13(16)17)12(15)8-7-10-5-3-4-6-11(10)18-2/h3-8H,9H2,1-2H3,(H,16,17)/b8-7+. The Morgan fingerprint density at radius 3 is 2.67 bits per heavy atom. The lowest BCUT2D eigenvalue weighted by Gasteiger charge is -2.11. The minimum Gasteiger partial charge on any atom is -0.496 e. The van der Waals surface area contributed by atoms with Crippen molar-refractivity contribution in [3.05, 3.63) is 35.9 Å². The molecule has 0 aliphatic heterocycles. The zero-order valence-corrected chi connectivity index (χ0v) is 10.3. The van der Waals surface area contributed by atoms with Crippen LogP contribution in [0.4, 0.5) is 0 Å². The van der Waals surface area contributed by atoms with Gasteiger partial charge in [0.15, 0.2) is 0 Å². The lowest BCUT2D eigenvalue weighted by atomic mass is 10.2. The number of nitrogens with zero attached hydrogens (tertiary/aromatic N) is 1. The minimum absolute atomic E-state index is 0.324. The van der Waals surface area contributed by atoms with E-state index < -0.39 is 5.97 Å². The van der Waals surface area contributed by atoms with Crippen LogP contribution in [0.5, 0.6) is 5.75 Å². The molecule has 1 aromatic rings. The topological polar surface area (TPSA) is 66.8 Å². The van der Waals surface area contributed by atoms with Crippen LogP contribution >= 0.6 is 0 Å². The molecule has 0 heterocycles.